The number of hydrogen-bond acceptors (Lipinski definition) is 2. The largest absolute Gasteiger partial charge is 0.411 e. The van der Waals surface area contributed by atoms with E-state index in [2.05, 4.69) is 10.1 Å². The molecule has 108 valence electrons. The fourth-order valence-electron chi connectivity index (χ4n) is 2.07. The summed E-state index contributed by atoms with van der Waals surface area (Å²) in [7, 11) is 1.63. The molecule has 1 unspecified atom stereocenters. The molecule has 0 saturated heterocycles. The third-order valence-corrected chi connectivity index (χ3v) is 2.81. The molecular weight excluding hydrogens is 262 g/mol. The molecule has 2 nitrogen and oxygen atoms in total. The topological polar surface area (TPSA) is 21.3 Å². The van der Waals surface area contributed by atoms with Crippen LogP contribution in [-0.2, 0) is 4.74 Å². The normalized spacial score (nSPS) is 13.6. The first kappa shape index (κ1) is 15.9. The minimum atomic E-state index is -4.34. The van der Waals surface area contributed by atoms with Gasteiger partial charge in [-0.1, -0.05) is 0 Å². The van der Waals surface area contributed by atoms with Gasteiger partial charge in [-0.15, -0.1) is 0 Å². The molecule has 0 aliphatic carbocycles. The Balaban J connectivity index is 2.80. The molecule has 0 saturated carbocycles. The fraction of sp³-hybridized carbons (Fsp3) is 0.538. The van der Waals surface area contributed by atoms with Crippen LogP contribution >= 0.6 is 0 Å². The van der Waals surface area contributed by atoms with E-state index in [1.807, 2.05) is 0 Å². The average molecular weight is 279 g/mol. The molecule has 0 aromatic heterocycles. The Morgan fingerprint density at radius 2 is 1.74 bits per heavy atom. The molecule has 1 aromatic rings. The molecule has 0 aliphatic heterocycles. The fourth-order valence-corrected chi connectivity index (χ4v) is 2.07. The molecule has 0 radical (unpaired) electrons. The van der Waals surface area contributed by atoms with E-state index in [-0.39, 0.29) is 12.4 Å². The Morgan fingerprint density at radius 3 is 2.16 bits per heavy atom. The van der Waals surface area contributed by atoms with Crippen LogP contribution in [0, 0.1) is 19.7 Å². The summed E-state index contributed by atoms with van der Waals surface area (Å²) in [5.41, 5.74) is 2.14. The van der Waals surface area contributed by atoms with Gasteiger partial charge in [-0.25, -0.2) is 4.39 Å². The lowest BCUT2D eigenvalue weighted by Crippen LogP contribution is -2.26. The minimum absolute atomic E-state index is 0.122. The van der Waals surface area contributed by atoms with Gasteiger partial charge >= 0.3 is 6.18 Å². The molecule has 6 heteroatoms. The van der Waals surface area contributed by atoms with Crippen molar-refractivity contribution >= 4 is 0 Å². The lowest BCUT2D eigenvalue weighted by Gasteiger charge is -2.21. The summed E-state index contributed by atoms with van der Waals surface area (Å²) in [6.45, 7) is 2.03. The van der Waals surface area contributed by atoms with Crippen molar-refractivity contribution < 1.29 is 22.3 Å². The number of likely N-dealkylation sites (N-methyl/N-ethyl adjacent to an activating group) is 1. The van der Waals surface area contributed by atoms with Crippen LogP contribution in [0.25, 0.3) is 0 Å². The van der Waals surface area contributed by atoms with Crippen molar-refractivity contribution in [2.45, 2.75) is 26.1 Å². The van der Waals surface area contributed by atoms with E-state index in [0.29, 0.717) is 11.1 Å². The number of halogens is 4. The zero-order valence-corrected chi connectivity index (χ0v) is 11.1. The van der Waals surface area contributed by atoms with E-state index in [1.165, 1.54) is 12.1 Å². The molecule has 1 rings (SSSR count). The van der Waals surface area contributed by atoms with Crippen LogP contribution in [0.1, 0.15) is 22.7 Å². The second-order valence-corrected chi connectivity index (χ2v) is 4.42. The van der Waals surface area contributed by atoms with Crippen LogP contribution in [0.5, 0.6) is 0 Å². The third-order valence-electron chi connectivity index (χ3n) is 2.81. The van der Waals surface area contributed by atoms with Crippen molar-refractivity contribution in [1.82, 2.24) is 5.32 Å². The molecule has 0 heterocycles. The lowest BCUT2D eigenvalue weighted by atomic mass is 9.96. The standard InChI is InChI=1S/C13H17F4NO/c1-8-4-10(14)5-9(2)12(8)11(18-3)6-19-7-13(15,16)17/h4-5,11,18H,6-7H2,1-3H3. The van der Waals surface area contributed by atoms with Crippen LogP contribution in [-0.4, -0.2) is 26.4 Å². The SMILES string of the molecule is CNC(COCC(F)(F)F)c1c(C)cc(F)cc1C. The van der Waals surface area contributed by atoms with Gasteiger partial charge in [-0.3, -0.25) is 0 Å². The molecule has 19 heavy (non-hydrogen) atoms. The first-order valence-electron chi connectivity index (χ1n) is 5.83. The molecule has 0 amide bonds. The first-order valence-corrected chi connectivity index (χ1v) is 5.83. The number of rotatable bonds is 5. The molecular formula is C13H17F4NO. The Bertz CT molecular complexity index is 408. The van der Waals surface area contributed by atoms with Crippen LogP contribution in [0.4, 0.5) is 17.6 Å². The van der Waals surface area contributed by atoms with E-state index < -0.39 is 18.8 Å². The maximum atomic E-state index is 13.2. The number of aryl methyl sites for hydroxylation is 2. The quantitative estimate of drug-likeness (QED) is 0.835. The van der Waals surface area contributed by atoms with Crippen molar-refractivity contribution in [2.24, 2.45) is 0 Å². The van der Waals surface area contributed by atoms with Gasteiger partial charge < -0.3 is 10.1 Å². The van der Waals surface area contributed by atoms with Crippen molar-refractivity contribution in [1.29, 1.82) is 0 Å². The van der Waals surface area contributed by atoms with Crippen molar-refractivity contribution in [3.05, 3.63) is 34.6 Å². The number of alkyl halides is 3. The summed E-state index contributed by atoms with van der Waals surface area (Å²) in [5.74, 6) is -0.357. The van der Waals surface area contributed by atoms with Crippen LogP contribution in [0.2, 0.25) is 0 Å². The number of nitrogens with one attached hydrogen (secondary N) is 1. The van der Waals surface area contributed by atoms with Gasteiger partial charge in [0.1, 0.15) is 12.4 Å². The van der Waals surface area contributed by atoms with Crippen molar-refractivity contribution in [3.8, 4) is 0 Å². The Morgan fingerprint density at radius 1 is 1.21 bits per heavy atom. The average Bonchev–Trinajstić information content (AvgIpc) is 2.23. The highest BCUT2D eigenvalue weighted by molar-refractivity contribution is 5.37. The Labute approximate surface area is 109 Å². The van der Waals surface area contributed by atoms with E-state index in [0.717, 1.165) is 5.56 Å². The van der Waals surface area contributed by atoms with Crippen LogP contribution in [0.15, 0.2) is 12.1 Å². The smallest absolute Gasteiger partial charge is 0.370 e. The molecule has 0 aliphatic rings. The maximum absolute atomic E-state index is 13.2. The second-order valence-electron chi connectivity index (χ2n) is 4.42. The highest BCUT2D eigenvalue weighted by Crippen LogP contribution is 2.24. The summed E-state index contributed by atoms with van der Waals surface area (Å²) in [4.78, 5) is 0. The zero-order valence-electron chi connectivity index (χ0n) is 11.1. The molecule has 1 N–H and O–H groups in total. The lowest BCUT2D eigenvalue weighted by molar-refractivity contribution is -0.175. The Kier molecular flexibility index (Phi) is 5.31. The van der Waals surface area contributed by atoms with E-state index in [9.17, 15) is 17.6 Å². The van der Waals surface area contributed by atoms with Gasteiger partial charge in [-0.05, 0) is 49.7 Å². The first-order chi connectivity index (χ1) is 8.74. The molecule has 1 aromatic carbocycles. The van der Waals surface area contributed by atoms with Gasteiger partial charge in [-0.2, -0.15) is 13.2 Å². The predicted octanol–water partition coefficient (Wildman–Crippen LogP) is 3.28. The molecule has 0 bridgehead atoms. The molecule has 0 spiro atoms. The van der Waals surface area contributed by atoms with Gasteiger partial charge in [0.2, 0.25) is 0 Å². The summed E-state index contributed by atoms with van der Waals surface area (Å²) >= 11 is 0. The predicted molar refractivity (Wildman–Crippen MR) is 64.5 cm³/mol. The molecule has 0 fully saturated rings. The van der Waals surface area contributed by atoms with Crippen LogP contribution in [0.3, 0.4) is 0 Å². The zero-order chi connectivity index (χ0) is 14.6. The van der Waals surface area contributed by atoms with Crippen molar-refractivity contribution in [3.63, 3.8) is 0 Å². The number of ether oxygens (including phenoxy) is 1. The van der Waals surface area contributed by atoms with E-state index >= 15 is 0 Å². The summed E-state index contributed by atoms with van der Waals surface area (Å²) in [5, 5.41) is 2.89. The van der Waals surface area contributed by atoms with Crippen LogP contribution < -0.4 is 5.32 Å². The van der Waals surface area contributed by atoms with Crippen molar-refractivity contribution in [2.75, 3.05) is 20.3 Å². The summed E-state index contributed by atoms with van der Waals surface area (Å²) in [6.07, 6.45) is -4.34. The van der Waals surface area contributed by atoms with Gasteiger partial charge in [0.25, 0.3) is 0 Å². The minimum Gasteiger partial charge on any atom is -0.370 e. The number of hydrogen-bond donors (Lipinski definition) is 1. The second kappa shape index (κ2) is 6.34. The highest BCUT2D eigenvalue weighted by atomic mass is 19.4. The Hall–Kier alpha value is -1.14. The summed E-state index contributed by atoms with van der Waals surface area (Å²) in [6, 6.07) is 2.32. The highest BCUT2D eigenvalue weighted by Gasteiger charge is 2.28. The third kappa shape index (κ3) is 4.80. The van der Waals surface area contributed by atoms with Gasteiger partial charge in [0, 0.05) is 0 Å². The summed E-state index contributed by atoms with van der Waals surface area (Å²) < 4.78 is 53.9. The van der Waals surface area contributed by atoms with E-state index in [1.54, 1.807) is 20.9 Å². The van der Waals surface area contributed by atoms with Gasteiger partial charge in [0.15, 0.2) is 0 Å². The monoisotopic (exact) mass is 279 g/mol. The molecule has 1 atom stereocenters. The number of benzene rings is 1. The maximum Gasteiger partial charge on any atom is 0.411 e. The van der Waals surface area contributed by atoms with Gasteiger partial charge in [0.05, 0.1) is 12.6 Å². The van der Waals surface area contributed by atoms with E-state index in [4.69, 9.17) is 0 Å².